The highest BCUT2D eigenvalue weighted by molar-refractivity contribution is 14.0. The number of likely N-dealkylation sites (tertiary alicyclic amines) is 1. The van der Waals surface area contributed by atoms with Gasteiger partial charge in [0.25, 0.3) is 0 Å². The van der Waals surface area contributed by atoms with Crippen LogP contribution >= 0.6 is 24.0 Å². The van der Waals surface area contributed by atoms with E-state index in [1.165, 1.54) is 12.8 Å². The second-order valence-corrected chi connectivity index (χ2v) is 5.84. The third-order valence-electron chi connectivity index (χ3n) is 4.16. The first-order valence-corrected chi connectivity index (χ1v) is 8.05. The molecule has 3 rings (SSSR count). The first-order valence-electron chi connectivity index (χ1n) is 8.05. The molecule has 2 aliphatic rings. The van der Waals surface area contributed by atoms with Crippen LogP contribution in [-0.2, 0) is 11.2 Å². The number of ether oxygens (including phenoxy) is 1. The van der Waals surface area contributed by atoms with Crippen molar-refractivity contribution >= 4 is 29.9 Å². The van der Waals surface area contributed by atoms with E-state index in [1.54, 1.807) is 6.26 Å². The molecule has 0 saturated carbocycles. The lowest BCUT2D eigenvalue weighted by atomic mass is 10.1. The normalized spacial score (nSPS) is 21.9. The third-order valence-corrected chi connectivity index (χ3v) is 4.16. The van der Waals surface area contributed by atoms with E-state index >= 15 is 0 Å². The molecule has 1 unspecified atom stereocenters. The van der Waals surface area contributed by atoms with Gasteiger partial charge in [0.2, 0.25) is 0 Å². The summed E-state index contributed by atoms with van der Waals surface area (Å²) < 4.78 is 10.8. The quantitative estimate of drug-likeness (QED) is 0.453. The number of hydrogen-bond donors (Lipinski definition) is 1. The summed E-state index contributed by atoms with van der Waals surface area (Å²) in [5.41, 5.74) is 0. The van der Waals surface area contributed by atoms with Crippen LogP contribution in [0.5, 0.6) is 0 Å². The van der Waals surface area contributed by atoms with Crippen molar-refractivity contribution in [3.63, 3.8) is 0 Å². The standard InChI is InChI=1S/C16H25N3O2.HI/c1-2-9-19(8-1)16(18-12-14-6-11-20-13-14)17-7-5-15-4-3-10-21-15;/h3-4,10,14H,1-2,5-9,11-13H2,(H,17,18);1H. The Kier molecular flexibility index (Phi) is 7.51. The molecule has 124 valence electrons. The number of rotatable bonds is 5. The summed E-state index contributed by atoms with van der Waals surface area (Å²) in [7, 11) is 0. The number of aliphatic imine (C=N–C) groups is 1. The van der Waals surface area contributed by atoms with E-state index in [-0.39, 0.29) is 24.0 Å². The van der Waals surface area contributed by atoms with E-state index in [2.05, 4.69) is 10.2 Å². The van der Waals surface area contributed by atoms with Crippen molar-refractivity contribution < 1.29 is 9.15 Å². The molecule has 0 aromatic carbocycles. The lowest BCUT2D eigenvalue weighted by Gasteiger charge is -2.21. The van der Waals surface area contributed by atoms with Gasteiger partial charge in [-0.05, 0) is 31.4 Å². The SMILES string of the molecule is I.c1coc(CCNC(=NCC2CCOC2)N2CCCC2)c1. The first-order chi connectivity index (χ1) is 10.4. The Balaban J connectivity index is 0.00000176. The van der Waals surface area contributed by atoms with Gasteiger partial charge in [-0.2, -0.15) is 0 Å². The highest BCUT2D eigenvalue weighted by Gasteiger charge is 2.19. The number of nitrogens with one attached hydrogen (secondary N) is 1. The number of furan rings is 1. The van der Waals surface area contributed by atoms with Gasteiger partial charge in [0.05, 0.1) is 12.9 Å². The molecule has 2 fully saturated rings. The summed E-state index contributed by atoms with van der Waals surface area (Å²) >= 11 is 0. The second-order valence-electron chi connectivity index (χ2n) is 5.84. The Hall–Kier alpha value is -0.760. The monoisotopic (exact) mass is 419 g/mol. The van der Waals surface area contributed by atoms with E-state index in [4.69, 9.17) is 14.1 Å². The largest absolute Gasteiger partial charge is 0.469 e. The maximum Gasteiger partial charge on any atom is 0.193 e. The zero-order valence-electron chi connectivity index (χ0n) is 13.0. The van der Waals surface area contributed by atoms with Crippen molar-refractivity contribution in [3.8, 4) is 0 Å². The van der Waals surface area contributed by atoms with Crippen molar-refractivity contribution in [2.24, 2.45) is 10.9 Å². The Labute approximate surface area is 149 Å². The van der Waals surface area contributed by atoms with Gasteiger partial charge in [-0.1, -0.05) is 0 Å². The van der Waals surface area contributed by atoms with E-state index in [9.17, 15) is 0 Å². The lowest BCUT2D eigenvalue weighted by molar-refractivity contribution is 0.187. The smallest absolute Gasteiger partial charge is 0.193 e. The molecule has 0 radical (unpaired) electrons. The van der Waals surface area contributed by atoms with Crippen molar-refractivity contribution in [1.29, 1.82) is 0 Å². The molecule has 1 aromatic rings. The van der Waals surface area contributed by atoms with Gasteiger partial charge >= 0.3 is 0 Å². The maximum absolute atomic E-state index is 5.43. The second kappa shape index (κ2) is 9.39. The van der Waals surface area contributed by atoms with Crippen LogP contribution in [0.2, 0.25) is 0 Å². The highest BCUT2D eigenvalue weighted by atomic mass is 127. The van der Waals surface area contributed by atoms with Gasteiger partial charge in [-0.15, -0.1) is 24.0 Å². The summed E-state index contributed by atoms with van der Waals surface area (Å²) in [4.78, 5) is 7.20. The topological polar surface area (TPSA) is 50.0 Å². The zero-order chi connectivity index (χ0) is 14.3. The van der Waals surface area contributed by atoms with Crippen LogP contribution in [-0.4, -0.2) is 50.3 Å². The van der Waals surface area contributed by atoms with Gasteiger partial charge in [-0.25, -0.2) is 0 Å². The molecule has 0 amide bonds. The van der Waals surface area contributed by atoms with Gasteiger partial charge in [0.1, 0.15) is 5.76 Å². The molecular weight excluding hydrogens is 393 g/mol. The fourth-order valence-corrected chi connectivity index (χ4v) is 2.89. The van der Waals surface area contributed by atoms with Crippen molar-refractivity contribution in [2.75, 3.05) is 39.4 Å². The van der Waals surface area contributed by atoms with Crippen LogP contribution < -0.4 is 5.32 Å². The van der Waals surface area contributed by atoms with Gasteiger partial charge < -0.3 is 19.4 Å². The molecule has 1 atom stereocenters. The summed E-state index contributed by atoms with van der Waals surface area (Å²) in [5, 5.41) is 3.50. The molecule has 1 aromatic heterocycles. The van der Waals surface area contributed by atoms with Gasteiger partial charge in [-0.3, -0.25) is 4.99 Å². The summed E-state index contributed by atoms with van der Waals surface area (Å²) in [6.45, 7) is 5.74. The molecule has 3 heterocycles. The van der Waals surface area contributed by atoms with Crippen LogP contribution in [0.15, 0.2) is 27.8 Å². The van der Waals surface area contributed by atoms with Crippen molar-refractivity contribution in [1.82, 2.24) is 10.2 Å². The summed E-state index contributed by atoms with van der Waals surface area (Å²) in [5.74, 6) is 2.67. The molecule has 0 bridgehead atoms. The molecule has 5 nitrogen and oxygen atoms in total. The minimum absolute atomic E-state index is 0. The van der Waals surface area contributed by atoms with Crippen LogP contribution in [0, 0.1) is 5.92 Å². The van der Waals surface area contributed by atoms with Gasteiger partial charge in [0.15, 0.2) is 5.96 Å². The van der Waals surface area contributed by atoms with Crippen molar-refractivity contribution in [2.45, 2.75) is 25.7 Å². The number of hydrogen-bond acceptors (Lipinski definition) is 3. The molecule has 2 saturated heterocycles. The summed E-state index contributed by atoms with van der Waals surface area (Å²) in [6, 6.07) is 3.95. The van der Waals surface area contributed by atoms with E-state index < -0.39 is 0 Å². The Morgan fingerprint density at radius 3 is 2.91 bits per heavy atom. The Morgan fingerprint density at radius 1 is 1.36 bits per heavy atom. The number of guanidine groups is 1. The molecular formula is C16H26IN3O2. The predicted octanol–water partition coefficient (Wildman–Crippen LogP) is 2.52. The minimum Gasteiger partial charge on any atom is -0.469 e. The van der Waals surface area contributed by atoms with Crippen LogP contribution in [0.4, 0.5) is 0 Å². The zero-order valence-corrected chi connectivity index (χ0v) is 15.3. The Morgan fingerprint density at radius 2 is 2.23 bits per heavy atom. The molecule has 1 N–H and O–H groups in total. The molecule has 6 heteroatoms. The van der Waals surface area contributed by atoms with Crippen LogP contribution in [0.25, 0.3) is 0 Å². The highest BCUT2D eigenvalue weighted by Crippen LogP contribution is 2.13. The minimum atomic E-state index is 0. The van der Waals surface area contributed by atoms with Crippen molar-refractivity contribution in [3.05, 3.63) is 24.2 Å². The van der Waals surface area contributed by atoms with Crippen LogP contribution in [0.3, 0.4) is 0 Å². The van der Waals surface area contributed by atoms with E-state index in [0.29, 0.717) is 5.92 Å². The Bertz CT molecular complexity index is 438. The lowest BCUT2D eigenvalue weighted by Crippen LogP contribution is -2.41. The average Bonchev–Trinajstić information content (AvgIpc) is 3.25. The molecule has 0 aliphatic carbocycles. The van der Waals surface area contributed by atoms with Crippen LogP contribution in [0.1, 0.15) is 25.0 Å². The average molecular weight is 419 g/mol. The fourth-order valence-electron chi connectivity index (χ4n) is 2.89. The maximum atomic E-state index is 5.43. The molecule has 0 spiro atoms. The van der Waals surface area contributed by atoms with E-state index in [1.807, 2.05) is 12.1 Å². The fraction of sp³-hybridized carbons (Fsp3) is 0.688. The van der Waals surface area contributed by atoms with Gasteiger partial charge in [0, 0.05) is 45.1 Å². The van der Waals surface area contributed by atoms with E-state index in [0.717, 1.165) is 64.0 Å². The number of halogens is 1. The molecule has 2 aliphatic heterocycles. The third kappa shape index (κ3) is 5.15. The number of nitrogens with zero attached hydrogens (tertiary/aromatic N) is 2. The summed E-state index contributed by atoms with van der Waals surface area (Å²) in [6.07, 6.45) is 6.30. The molecule has 22 heavy (non-hydrogen) atoms. The predicted molar refractivity (Wildman–Crippen MR) is 97.9 cm³/mol. The first kappa shape index (κ1) is 17.6.